The van der Waals surface area contributed by atoms with Crippen molar-refractivity contribution in [3.8, 4) is 23.4 Å². The summed E-state index contributed by atoms with van der Waals surface area (Å²) >= 11 is 0. The zero-order chi connectivity index (χ0) is 21.5. The topological polar surface area (TPSA) is 131 Å². The van der Waals surface area contributed by atoms with E-state index in [2.05, 4.69) is 4.99 Å². The Morgan fingerprint density at radius 1 is 1.30 bits per heavy atom. The molecular formula is C20H19N3O6S. The van der Waals surface area contributed by atoms with Gasteiger partial charge in [0.15, 0.2) is 21.3 Å². The number of aliphatic imine (C=N–C) groups is 1. The standard InChI is InChI=1S/C20H19N3O6S/c1-12-15(9-21)19(24)23(14-4-7-30(26,27)11-14)20(25)16(12)10-22-13-2-3-17-18(8-13)29-6-5-28-17/h2-3,8,10,14,25H,4-7,11H2,1H3/t14-/m1/s1. The third-order valence-electron chi connectivity index (χ3n) is 5.23. The van der Waals surface area contributed by atoms with Crippen LogP contribution in [0.2, 0.25) is 0 Å². The van der Waals surface area contributed by atoms with E-state index in [9.17, 15) is 23.6 Å². The Morgan fingerprint density at radius 3 is 2.70 bits per heavy atom. The van der Waals surface area contributed by atoms with Gasteiger partial charge in [-0.2, -0.15) is 5.26 Å². The van der Waals surface area contributed by atoms with E-state index >= 15 is 0 Å². The van der Waals surface area contributed by atoms with E-state index in [0.717, 1.165) is 4.57 Å². The number of benzene rings is 1. The maximum absolute atomic E-state index is 12.7. The molecule has 30 heavy (non-hydrogen) atoms. The number of aromatic hydroxyl groups is 1. The van der Waals surface area contributed by atoms with Gasteiger partial charge in [0.2, 0.25) is 5.88 Å². The van der Waals surface area contributed by atoms with Gasteiger partial charge in [0.05, 0.1) is 28.8 Å². The molecule has 9 nitrogen and oxygen atoms in total. The Kier molecular flexibility index (Phi) is 4.99. The first-order valence-corrected chi connectivity index (χ1v) is 11.1. The van der Waals surface area contributed by atoms with Crippen LogP contribution in [0.25, 0.3) is 0 Å². The van der Waals surface area contributed by atoms with Crippen molar-refractivity contribution in [2.75, 3.05) is 24.7 Å². The van der Waals surface area contributed by atoms with Gasteiger partial charge in [0.25, 0.3) is 5.56 Å². The molecule has 0 spiro atoms. The van der Waals surface area contributed by atoms with Crippen LogP contribution < -0.4 is 15.0 Å². The molecule has 1 saturated heterocycles. The van der Waals surface area contributed by atoms with E-state index in [4.69, 9.17) is 9.47 Å². The van der Waals surface area contributed by atoms with E-state index in [1.54, 1.807) is 25.1 Å². The Morgan fingerprint density at radius 2 is 2.03 bits per heavy atom. The van der Waals surface area contributed by atoms with Gasteiger partial charge in [-0.1, -0.05) is 0 Å². The molecule has 1 aromatic carbocycles. The number of hydrogen-bond donors (Lipinski definition) is 1. The van der Waals surface area contributed by atoms with Crippen LogP contribution in [0.5, 0.6) is 17.4 Å². The predicted molar refractivity (Wildman–Crippen MR) is 109 cm³/mol. The van der Waals surface area contributed by atoms with Crippen molar-refractivity contribution >= 4 is 21.7 Å². The lowest BCUT2D eigenvalue weighted by Crippen LogP contribution is -2.29. The summed E-state index contributed by atoms with van der Waals surface area (Å²) in [5.74, 6) is 0.435. The van der Waals surface area contributed by atoms with Gasteiger partial charge in [0, 0.05) is 12.3 Å². The van der Waals surface area contributed by atoms with Crippen LogP contribution in [0, 0.1) is 18.3 Å². The van der Waals surface area contributed by atoms with Crippen molar-refractivity contribution in [3.63, 3.8) is 0 Å². The van der Waals surface area contributed by atoms with Gasteiger partial charge in [0.1, 0.15) is 24.8 Å². The Bertz CT molecular complexity index is 1260. The fraction of sp³-hybridized carbons (Fsp3) is 0.350. The summed E-state index contributed by atoms with van der Waals surface area (Å²) in [6, 6.07) is 6.25. The highest BCUT2D eigenvalue weighted by molar-refractivity contribution is 7.91. The van der Waals surface area contributed by atoms with Crippen LogP contribution in [0.15, 0.2) is 28.0 Å². The quantitative estimate of drug-likeness (QED) is 0.734. The maximum atomic E-state index is 12.7. The number of nitrogens with zero attached hydrogens (tertiary/aromatic N) is 3. The summed E-state index contributed by atoms with van der Waals surface area (Å²) in [4.78, 5) is 17.1. The third-order valence-corrected chi connectivity index (χ3v) is 6.98. The first-order chi connectivity index (χ1) is 14.3. The van der Waals surface area contributed by atoms with Gasteiger partial charge in [-0.3, -0.25) is 14.4 Å². The van der Waals surface area contributed by atoms with Crippen molar-refractivity contribution < 1.29 is 23.0 Å². The molecule has 1 fully saturated rings. The van der Waals surface area contributed by atoms with Crippen molar-refractivity contribution in [1.82, 2.24) is 4.57 Å². The monoisotopic (exact) mass is 429 g/mol. The van der Waals surface area contributed by atoms with Crippen molar-refractivity contribution in [3.05, 3.63) is 45.2 Å². The van der Waals surface area contributed by atoms with Gasteiger partial charge < -0.3 is 14.6 Å². The third kappa shape index (κ3) is 3.52. The zero-order valence-electron chi connectivity index (χ0n) is 16.2. The highest BCUT2D eigenvalue weighted by atomic mass is 32.2. The molecule has 3 heterocycles. The summed E-state index contributed by atoms with van der Waals surface area (Å²) in [5, 5.41) is 20.3. The average molecular weight is 429 g/mol. The molecule has 1 N–H and O–H groups in total. The Labute approximate surface area is 172 Å². The number of nitriles is 1. The molecule has 1 aromatic heterocycles. The summed E-state index contributed by atoms with van der Waals surface area (Å²) in [7, 11) is -3.30. The molecule has 0 amide bonds. The lowest BCUT2D eigenvalue weighted by molar-refractivity contribution is 0.171. The number of rotatable bonds is 3. The molecule has 156 valence electrons. The predicted octanol–water partition coefficient (Wildman–Crippen LogP) is 1.62. The fourth-order valence-corrected chi connectivity index (χ4v) is 5.36. The van der Waals surface area contributed by atoms with E-state index in [1.807, 2.05) is 6.07 Å². The number of sulfone groups is 1. The minimum absolute atomic E-state index is 0.0695. The van der Waals surface area contributed by atoms with Crippen LogP contribution in [-0.2, 0) is 9.84 Å². The second-order valence-electron chi connectivity index (χ2n) is 7.17. The van der Waals surface area contributed by atoms with Crippen LogP contribution in [0.1, 0.15) is 29.2 Å². The number of aromatic nitrogens is 1. The summed E-state index contributed by atoms with van der Waals surface area (Å²) < 4.78 is 35.7. The number of pyridine rings is 1. The number of ether oxygens (including phenoxy) is 2. The molecular weight excluding hydrogens is 410 g/mol. The van der Waals surface area contributed by atoms with Gasteiger partial charge in [-0.15, -0.1) is 0 Å². The summed E-state index contributed by atoms with van der Waals surface area (Å²) in [5.41, 5.74) is 0.133. The van der Waals surface area contributed by atoms with Gasteiger partial charge >= 0.3 is 0 Å². The first-order valence-electron chi connectivity index (χ1n) is 9.33. The molecule has 2 aliphatic heterocycles. The smallest absolute Gasteiger partial charge is 0.271 e. The molecule has 0 radical (unpaired) electrons. The van der Waals surface area contributed by atoms with Crippen LogP contribution in [-0.4, -0.2) is 49.0 Å². The van der Waals surface area contributed by atoms with Crippen molar-refractivity contribution in [2.45, 2.75) is 19.4 Å². The second-order valence-corrected chi connectivity index (χ2v) is 9.40. The lowest BCUT2D eigenvalue weighted by atomic mass is 10.0. The molecule has 2 aliphatic rings. The van der Waals surface area contributed by atoms with E-state index in [1.165, 1.54) is 6.21 Å². The van der Waals surface area contributed by atoms with Gasteiger partial charge in [-0.25, -0.2) is 8.42 Å². The number of hydrogen-bond acceptors (Lipinski definition) is 8. The zero-order valence-corrected chi connectivity index (χ0v) is 17.0. The highest BCUT2D eigenvalue weighted by Crippen LogP contribution is 2.34. The second kappa shape index (κ2) is 7.50. The highest BCUT2D eigenvalue weighted by Gasteiger charge is 2.33. The molecule has 4 rings (SSSR count). The normalized spacial score (nSPS) is 19.7. The molecule has 1 atom stereocenters. The molecule has 0 bridgehead atoms. The van der Waals surface area contributed by atoms with E-state index in [-0.39, 0.29) is 34.6 Å². The summed E-state index contributed by atoms with van der Waals surface area (Å²) in [6.07, 6.45) is 1.55. The Balaban J connectivity index is 1.78. The largest absolute Gasteiger partial charge is 0.494 e. The van der Waals surface area contributed by atoms with Crippen LogP contribution in [0.3, 0.4) is 0 Å². The maximum Gasteiger partial charge on any atom is 0.271 e. The van der Waals surface area contributed by atoms with E-state index < -0.39 is 27.3 Å². The lowest BCUT2D eigenvalue weighted by Gasteiger charge is -2.19. The fourth-order valence-electron chi connectivity index (χ4n) is 3.66. The van der Waals surface area contributed by atoms with E-state index in [0.29, 0.717) is 30.4 Å². The molecule has 2 aromatic rings. The first kappa shape index (κ1) is 20.0. The van der Waals surface area contributed by atoms with Crippen molar-refractivity contribution in [2.24, 2.45) is 4.99 Å². The summed E-state index contributed by atoms with van der Waals surface area (Å²) in [6.45, 7) is 2.44. The molecule has 0 unspecified atom stereocenters. The molecule has 0 aliphatic carbocycles. The van der Waals surface area contributed by atoms with Crippen LogP contribution >= 0.6 is 0 Å². The minimum atomic E-state index is -3.30. The van der Waals surface area contributed by atoms with Crippen molar-refractivity contribution in [1.29, 1.82) is 5.26 Å². The SMILES string of the molecule is Cc1c(C=Nc2ccc3c(c2)OCCO3)c(O)n([C@@H]2CCS(=O)(=O)C2)c(=O)c1C#N. The van der Waals surface area contributed by atoms with Crippen LogP contribution in [0.4, 0.5) is 5.69 Å². The minimum Gasteiger partial charge on any atom is -0.494 e. The average Bonchev–Trinajstić information content (AvgIpc) is 3.07. The Hall–Kier alpha value is -3.32. The number of fused-ring (bicyclic) bond motifs is 1. The molecule has 10 heteroatoms. The van der Waals surface area contributed by atoms with Gasteiger partial charge in [-0.05, 0) is 31.0 Å². The molecule has 0 saturated carbocycles.